The Morgan fingerprint density at radius 2 is 1.86 bits per heavy atom. The molecule has 1 aliphatic heterocycles. The molecule has 0 bridgehead atoms. The number of nitrogens with zero attached hydrogens (tertiary/aromatic N) is 2. The lowest BCUT2D eigenvalue weighted by Gasteiger charge is -2.32. The van der Waals surface area contributed by atoms with E-state index in [1.165, 1.54) is 38.2 Å². The van der Waals surface area contributed by atoms with Crippen molar-refractivity contribution in [2.75, 3.05) is 53.5 Å². The first kappa shape index (κ1) is 17.6. The molecule has 0 N–H and O–H groups in total. The summed E-state index contributed by atoms with van der Waals surface area (Å²) in [7, 11) is 3.89. The molecule has 1 saturated heterocycles. The van der Waals surface area contributed by atoms with Crippen LogP contribution in [0.15, 0.2) is 16.6 Å². The van der Waals surface area contributed by atoms with E-state index < -0.39 is 0 Å². The van der Waals surface area contributed by atoms with E-state index in [1.807, 2.05) is 13.0 Å². The second-order valence-electron chi connectivity index (χ2n) is 5.78. The summed E-state index contributed by atoms with van der Waals surface area (Å²) in [6.07, 6.45) is 2.22. The maximum atomic E-state index is 5.61. The molecule has 124 valence electrons. The summed E-state index contributed by atoms with van der Waals surface area (Å²) in [6, 6.07) is 4.12. The molecule has 0 atom stereocenters. The van der Waals surface area contributed by atoms with Gasteiger partial charge in [0.25, 0.3) is 0 Å². The topological polar surface area (TPSA) is 24.9 Å². The van der Waals surface area contributed by atoms with Crippen molar-refractivity contribution in [3.8, 4) is 11.5 Å². The Hall–Kier alpha value is -0.780. The third-order valence-corrected chi connectivity index (χ3v) is 4.89. The maximum Gasteiger partial charge on any atom is 0.162 e. The van der Waals surface area contributed by atoms with Crippen LogP contribution in [0.1, 0.15) is 18.9 Å². The molecule has 0 saturated carbocycles. The molecule has 1 heterocycles. The van der Waals surface area contributed by atoms with Crippen molar-refractivity contribution in [1.29, 1.82) is 0 Å². The van der Waals surface area contributed by atoms with Crippen LogP contribution in [0.3, 0.4) is 0 Å². The second-order valence-corrected chi connectivity index (χ2v) is 6.63. The first-order valence-corrected chi connectivity index (χ1v) is 8.83. The maximum absolute atomic E-state index is 5.61. The van der Waals surface area contributed by atoms with Crippen LogP contribution >= 0.6 is 15.9 Å². The molecule has 0 aliphatic carbocycles. The Bertz CT molecular complexity index is 474. The smallest absolute Gasteiger partial charge is 0.162 e. The number of hydrogen-bond acceptors (Lipinski definition) is 4. The van der Waals surface area contributed by atoms with Gasteiger partial charge in [0.2, 0.25) is 0 Å². The average molecular weight is 371 g/mol. The molecule has 1 aliphatic rings. The number of hydrogen-bond donors (Lipinski definition) is 0. The van der Waals surface area contributed by atoms with Gasteiger partial charge in [0, 0.05) is 30.7 Å². The van der Waals surface area contributed by atoms with Gasteiger partial charge in [-0.25, -0.2) is 0 Å². The molecule has 1 fully saturated rings. The summed E-state index contributed by atoms with van der Waals surface area (Å²) >= 11 is 3.66. The Morgan fingerprint density at radius 1 is 1.14 bits per heavy atom. The summed E-state index contributed by atoms with van der Waals surface area (Å²) in [5.74, 6) is 1.62. The predicted octanol–water partition coefficient (Wildman–Crippen LogP) is 3.04. The predicted molar refractivity (Wildman–Crippen MR) is 94.1 cm³/mol. The second kappa shape index (κ2) is 8.75. The van der Waals surface area contributed by atoms with E-state index in [2.05, 4.69) is 38.8 Å². The van der Waals surface area contributed by atoms with Crippen LogP contribution in [0.4, 0.5) is 0 Å². The zero-order chi connectivity index (χ0) is 15.9. The van der Waals surface area contributed by atoms with Gasteiger partial charge in [-0.3, -0.25) is 0 Å². The molecule has 22 heavy (non-hydrogen) atoms. The van der Waals surface area contributed by atoms with E-state index in [0.717, 1.165) is 28.9 Å². The molecule has 1 aromatic rings. The molecule has 0 aromatic heterocycles. The van der Waals surface area contributed by atoms with Crippen molar-refractivity contribution in [3.63, 3.8) is 0 Å². The Balaban J connectivity index is 1.89. The molecular weight excluding hydrogens is 344 g/mol. The SMILES string of the molecule is CCOc1cc(Br)c(CCCN2CCN(C)CC2)cc1OC. The molecule has 4 nitrogen and oxygen atoms in total. The summed E-state index contributed by atoms with van der Waals surface area (Å²) < 4.78 is 12.2. The fourth-order valence-electron chi connectivity index (χ4n) is 2.76. The molecule has 0 radical (unpaired) electrons. The highest BCUT2D eigenvalue weighted by atomic mass is 79.9. The van der Waals surface area contributed by atoms with Crippen LogP contribution < -0.4 is 9.47 Å². The average Bonchev–Trinajstić information content (AvgIpc) is 2.51. The first-order chi connectivity index (χ1) is 10.6. The van der Waals surface area contributed by atoms with E-state index in [4.69, 9.17) is 9.47 Å². The Labute approximate surface area is 142 Å². The van der Waals surface area contributed by atoms with Gasteiger partial charge < -0.3 is 19.3 Å². The van der Waals surface area contributed by atoms with Gasteiger partial charge in [0.05, 0.1) is 13.7 Å². The lowest BCUT2D eigenvalue weighted by molar-refractivity contribution is 0.153. The van der Waals surface area contributed by atoms with E-state index >= 15 is 0 Å². The number of aryl methyl sites for hydroxylation is 1. The van der Waals surface area contributed by atoms with Gasteiger partial charge >= 0.3 is 0 Å². The number of benzene rings is 1. The van der Waals surface area contributed by atoms with Crippen molar-refractivity contribution < 1.29 is 9.47 Å². The minimum Gasteiger partial charge on any atom is -0.493 e. The largest absolute Gasteiger partial charge is 0.493 e. The fourth-order valence-corrected chi connectivity index (χ4v) is 3.28. The standard InChI is InChI=1S/C17H27BrN2O2/c1-4-22-17-13-15(18)14(12-16(17)21-3)6-5-7-20-10-8-19(2)9-11-20/h12-13H,4-11H2,1-3H3. The van der Waals surface area contributed by atoms with Crippen LogP contribution in [-0.2, 0) is 6.42 Å². The Kier molecular flexibility index (Phi) is 6.99. The van der Waals surface area contributed by atoms with Gasteiger partial charge in [0.15, 0.2) is 11.5 Å². The van der Waals surface area contributed by atoms with Crippen molar-refractivity contribution in [2.45, 2.75) is 19.8 Å². The van der Waals surface area contributed by atoms with Crippen LogP contribution in [0.2, 0.25) is 0 Å². The monoisotopic (exact) mass is 370 g/mol. The van der Waals surface area contributed by atoms with Crippen molar-refractivity contribution in [3.05, 3.63) is 22.2 Å². The molecule has 0 amide bonds. The molecule has 0 unspecified atom stereocenters. The van der Waals surface area contributed by atoms with Crippen LogP contribution in [0.25, 0.3) is 0 Å². The number of halogens is 1. The lowest BCUT2D eigenvalue weighted by atomic mass is 10.1. The molecular formula is C17H27BrN2O2. The highest BCUT2D eigenvalue weighted by molar-refractivity contribution is 9.10. The van der Waals surface area contributed by atoms with Crippen LogP contribution in [0, 0.1) is 0 Å². The van der Waals surface area contributed by atoms with E-state index in [0.29, 0.717) is 6.61 Å². The van der Waals surface area contributed by atoms with Gasteiger partial charge in [-0.15, -0.1) is 0 Å². The normalized spacial score (nSPS) is 16.7. The first-order valence-electron chi connectivity index (χ1n) is 8.04. The quantitative estimate of drug-likeness (QED) is 0.736. The number of ether oxygens (including phenoxy) is 2. The number of piperazine rings is 1. The number of likely N-dealkylation sites (N-methyl/N-ethyl adjacent to an activating group) is 1. The van der Waals surface area contributed by atoms with E-state index in [-0.39, 0.29) is 0 Å². The van der Waals surface area contributed by atoms with Crippen LogP contribution in [-0.4, -0.2) is 63.3 Å². The van der Waals surface area contributed by atoms with Crippen molar-refractivity contribution in [1.82, 2.24) is 9.80 Å². The fraction of sp³-hybridized carbons (Fsp3) is 0.647. The zero-order valence-electron chi connectivity index (χ0n) is 13.9. The van der Waals surface area contributed by atoms with Crippen molar-refractivity contribution in [2.24, 2.45) is 0 Å². The van der Waals surface area contributed by atoms with Crippen LogP contribution in [0.5, 0.6) is 11.5 Å². The van der Waals surface area contributed by atoms with Gasteiger partial charge in [-0.2, -0.15) is 0 Å². The molecule has 5 heteroatoms. The third-order valence-electron chi connectivity index (χ3n) is 4.15. The summed E-state index contributed by atoms with van der Waals surface area (Å²) in [5, 5.41) is 0. The van der Waals surface area contributed by atoms with Crippen molar-refractivity contribution >= 4 is 15.9 Å². The molecule has 1 aromatic carbocycles. The minimum atomic E-state index is 0.644. The zero-order valence-corrected chi connectivity index (χ0v) is 15.5. The Morgan fingerprint density at radius 3 is 2.50 bits per heavy atom. The highest BCUT2D eigenvalue weighted by Gasteiger charge is 2.14. The lowest BCUT2D eigenvalue weighted by Crippen LogP contribution is -2.44. The summed E-state index contributed by atoms with van der Waals surface area (Å²) in [5.41, 5.74) is 1.29. The van der Waals surface area contributed by atoms with Gasteiger partial charge in [0.1, 0.15) is 0 Å². The number of methoxy groups -OCH3 is 1. The summed E-state index contributed by atoms with van der Waals surface area (Å²) in [6.45, 7) is 8.52. The molecule has 0 spiro atoms. The van der Waals surface area contributed by atoms with Gasteiger partial charge in [-0.05, 0) is 51.1 Å². The number of rotatable bonds is 7. The van der Waals surface area contributed by atoms with Gasteiger partial charge in [-0.1, -0.05) is 15.9 Å². The summed E-state index contributed by atoms with van der Waals surface area (Å²) in [4.78, 5) is 4.95. The third kappa shape index (κ3) is 4.86. The molecule has 2 rings (SSSR count). The highest BCUT2D eigenvalue weighted by Crippen LogP contribution is 2.34. The van der Waals surface area contributed by atoms with E-state index in [9.17, 15) is 0 Å². The minimum absolute atomic E-state index is 0.644. The van der Waals surface area contributed by atoms with E-state index in [1.54, 1.807) is 7.11 Å².